The Morgan fingerprint density at radius 1 is 1.23 bits per heavy atom. The number of thiophene rings is 1. The van der Waals surface area contributed by atoms with Gasteiger partial charge in [-0.1, -0.05) is 18.2 Å². The lowest BCUT2D eigenvalue weighted by atomic mass is 10.2. The standard InChI is InChI=1S/C15H17NO4S2/c17-14(12-6-8-21-11-12)10-16-15(18)7-9-22(19,20)13-4-2-1-3-5-13/h1-6,8,11,14,17H,7,9-10H2,(H,16,18). The zero-order chi connectivity index (χ0) is 16.0. The topological polar surface area (TPSA) is 83.5 Å². The minimum atomic E-state index is -3.46. The zero-order valence-corrected chi connectivity index (χ0v) is 13.4. The quantitative estimate of drug-likeness (QED) is 0.805. The molecule has 0 fully saturated rings. The van der Waals surface area contributed by atoms with Crippen LogP contribution in [0.4, 0.5) is 0 Å². The molecule has 2 N–H and O–H groups in total. The second-order valence-electron chi connectivity index (χ2n) is 4.76. The number of hydrogen-bond acceptors (Lipinski definition) is 5. The molecular weight excluding hydrogens is 322 g/mol. The molecule has 7 heteroatoms. The molecule has 0 aliphatic heterocycles. The molecule has 1 aromatic carbocycles. The first-order valence-corrected chi connectivity index (χ1v) is 9.33. The number of aliphatic hydroxyl groups excluding tert-OH is 1. The minimum absolute atomic E-state index is 0.0704. The molecule has 22 heavy (non-hydrogen) atoms. The fourth-order valence-electron chi connectivity index (χ4n) is 1.85. The van der Waals surface area contributed by atoms with E-state index in [9.17, 15) is 18.3 Å². The van der Waals surface area contributed by atoms with Gasteiger partial charge >= 0.3 is 0 Å². The normalized spacial score (nSPS) is 12.8. The molecule has 5 nitrogen and oxygen atoms in total. The number of aliphatic hydroxyl groups is 1. The lowest BCUT2D eigenvalue weighted by Crippen LogP contribution is -2.29. The number of hydrogen-bond donors (Lipinski definition) is 2. The molecule has 0 aliphatic rings. The van der Waals surface area contributed by atoms with E-state index >= 15 is 0 Å². The molecule has 1 heterocycles. The van der Waals surface area contributed by atoms with Crippen LogP contribution in [0.2, 0.25) is 0 Å². The number of nitrogens with one attached hydrogen (secondary N) is 1. The van der Waals surface area contributed by atoms with Crippen LogP contribution in [0.3, 0.4) is 0 Å². The molecule has 1 atom stereocenters. The Morgan fingerprint density at radius 2 is 1.95 bits per heavy atom. The molecule has 1 amide bonds. The second-order valence-corrected chi connectivity index (χ2v) is 7.65. The predicted octanol–water partition coefficient (Wildman–Crippen LogP) is 1.76. The molecule has 0 bridgehead atoms. The van der Waals surface area contributed by atoms with E-state index in [0.717, 1.165) is 5.56 Å². The van der Waals surface area contributed by atoms with Gasteiger partial charge < -0.3 is 10.4 Å². The van der Waals surface area contributed by atoms with Gasteiger partial charge in [0.05, 0.1) is 16.8 Å². The third-order valence-corrected chi connectivity index (χ3v) is 5.55. The van der Waals surface area contributed by atoms with Crippen LogP contribution < -0.4 is 5.32 Å². The summed E-state index contributed by atoms with van der Waals surface area (Å²) in [5, 5.41) is 16.0. The Morgan fingerprint density at radius 3 is 2.59 bits per heavy atom. The molecule has 2 rings (SSSR count). The van der Waals surface area contributed by atoms with E-state index in [4.69, 9.17) is 0 Å². The van der Waals surface area contributed by atoms with E-state index in [1.54, 1.807) is 29.6 Å². The van der Waals surface area contributed by atoms with Gasteiger partial charge in [0.1, 0.15) is 0 Å². The first kappa shape index (κ1) is 16.7. The van der Waals surface area contributed by atoms with Gasteiger partial charge in [0, 0.05) is 13.0 Å². The van der Waals surface area contributed by atoms with Crippen LogP contribution in [-0.4, -0.2) is 31.7 Å². The van der Waals surface area contributed by atoms with Crippen molar-refractivity contribution in [1.82, 2.24) is 5.32 Å². The number of rotatable bonds is 7. The summed E-state index contributed by atoms with van der Waals surface area (Å²) in [4.78, 5) is 11.9. The van der Waals surface area contributed by atoms with Crippen molar-refractivity contribution in [2.45, 2.75) is 17.4 Å². The van der Waals surface area contributed by atoms with E-state index in [0.29, 0.717) is 0 Å². The number of amides is 1. The molecule has 1 aromatic heterocycles. The van der Waals surface area contributed by atoms with Gasteiger partial charge in [0.2, 0.25) is 5.91 Å². The van der Waals surface area contributed by atoms with Crippen LogP contribution in [0.15, 0.2) is 52.1 Å². The maximum absolute atomic E-state index is 12.0. The van der Waals surface area contributed by atoms with Crippen molar-refractivity contribution >= 4 is 27.1 Å². The van der Waals surface area contributed by atoms with E-state index in [1.165, 1.54) is 23.5 Å². The Hall–Kier alpha value is -1.70. The van der Waals surface area contributed by atoms with Crippen LogP contribution in [0.25, 0.3) is 0 Å². The second kappa shape index (κ2) is 7.53. The van der Waals surface area contributed by atoms with Crippen molar-refractivity contribution in [3.63, 3.8) is 0 Å². The van der Waals surface area contributed by atoms with Crippen LogP contribution in [0, 0.1) is 0 Å². The first-order chi connectivity index (χ1) is 10.5. The minimum Gasteiger partial charge on any atom is -0.387 e. The summed E-state index contributed by atoms with van der Waals surface area (Å²) in [6, 6.07) is 9.81. The fourth-order valence-corrected chi connectivity index (χ4v) is 3.82. The molecular formula is C15H17NO4S2. The average molecular weight is 339 g/mol. The van der Waals surface area contributed by atoms with Gasteiger partial charge in [0.15, 0.2) is 9.84 Å². The Kier molecular flexibility index (Phi) is 5.70. The van der Waals surface area contributed by atoms with Gasteiger partial charge in [0.25, 0.3) is 0 Å². The summed E-state index contributed by atoms with van der Waals surface area (Å²) in [6.07, 6.45) is -0.908. The highest BCUT2D eigenvalue weighted by molar-refractivity contribution is 7.91. The van der Waals surface area contributed by atoms with E-state index in [2.05, 4.69) is 5.32 Å². The van der Waals surface area contributed by atoms with Crippen molar-refractivity contribution in [2.75, 3.05) is 12.3 Å². The number of sulfone groups is 1. The molecule has 0 saturated heterocycles. The van der Waals surface area contributed by atoms with E-state index < -0.39 is 21.8 Å². The van der Waals surface area contributed by atoms with Gasteiger partial charge in [-0.15, -0.1) is 0 Å². The van der Waals surface area contributed by atoms with Gasteiger partial charge in [-0.3, -0.25) is 4.79 Å². The Bertz CT molecular complexity index is 696. The first-order valence-electron chi connectivity index (χ1n) is 6.74. The highest BCUT2D eigenvalue weighted by Gasteiger charge is 2.16. The lowest BCUT2D eigenvalue weighted by molar-refractivity contribution is -0.121. The van der Waals surface area contributed by atoms with Crippen LogP contribution in [-0.2, 0) is 14.6 Å². The van der Waals surface area contributed by atoms with Crippen molar-refractivity contribution < 1.29 is 18.3 Å². The summed E-state index contributed by atoms with van der Waals surface area (Å²) in [5.74, 6) is -0.647. The summed E-state index contributed by atoms with van der Waals surface area (Å²) >= 11 is 1.46. The zero-order valence-electron chi connectivity index (χ0n) is 11.8. The smallest absolute Gasteiger partial charge is 0.221 e. The molecule has 1 unspecified atom stereocenters. The molecule has 0 radical (unpaired) electrons. The summed E-state index contributed by atoms with van der Waals surface area (Å²) in [7, 11) is -3.46. The molecule has 2 aromatic rings. The molecule has 0 spiro atoms. The number of carbonyl (C=O) groups is 1. The number of benzene rings is 1. The third-order valence-electron chi connectivity index (χ3n) is 3.12. The van der Waals surface area contributed by atoms with Crippen LogP contribution in [0.1, 0.15) is 18.1 Å². The fraction of sp³-hybridized carbons (Fsp3) is 0.267. The van der Waals surface area contributed by atoms with Gasteiger partial charge in [-0.05, 0) is 34.5 Å². The van der Waals surface area contributed by atoms with E-state index in [1.807, 2.05) is 5.38 Å². The van der Waals surface area contributed by atoms with Crippen molar-refractivity contribution in [2.24, 2.45) is 0 Å². The summed E-state index contributed by atoms with van der Waals surface area (Å²) < 4.78 is 24.1. The summed E-state index contributed by atoms with van der Waals surface area (Å²) in [6.45, 7) is 0.0704. The highest BCUT2D eigenvalue weighted by Crippen LogP contribution is 2.15. The Balaban J connectivity index is 1.81. The largest absolute Gasteiger partial charge is 0.387 e. The maximum atomic E-state index is 12.0. The average Bonchev–Trinajstić information content (AvgIpc) is 3.06. The van der Waals surface area contributed by atoms with Crippen molar-refractivity contribution in [3.8, 4) is 0 Å². The molecule has 0 aliphatic carbocycles. The van der Waals surface area contributed by atoms with Crippen LogP contribution in [0.5, 0.6) is 0 Å². The molecule has 0 saturated carbocycles. The van der Waals surface area contributed by atoms with Crippen LogP contribution >= 0.6 is 11.3 Å². The van der Waals surface area contributed by atoms with Crippen molar-refractivity contribution in [1.29, 1.82) is 0 Å². The maximum Gasteiger partial charge on any atom is 0.221 e. The van der Waals surface area contributed by atoms with E-state index in [-0.39, 0.29) is 23.6 Å². The number of carbonyl (C=O) groups excluding carboxylic acids is 1. The van der Waals surface area contributed by atoms with Gasteiger partial charge in [-0.25, -0.2) is 8.42 Å². The Labute approximate surface area is 133 Å². The third kappa shape index (κ3) is 4.66. The van der Waals surface area contributed by atoms with Gasteiger partial charge in [-0.2, -0.15) is 11.3 Å². The molecule has 118 valence electrons. The predicted molar refractivity (Wildman–Crippen MR) is 85.4 cm³/mol. The SMILES string of the molecule is O=C(CCS(=O)(=O)c1ccccc1)NCC(O)c1ccsc1. The lowest BCUT2D eigenvalue weighted by Gasteiger charge is -2.10. The monoisotopic (exact) mass is 339 g/mol. The van der Waals surface area contributed by atoms with Crippen molar-refractivity contribution in [3.05, 3.63) is 52.7 Å². The summed E-state index contributed by atoms with van der Waals surface area (Å²) in [5.41, 5.74) is 0.738. The highest BCUT2D eigenvalue weighted by atomic mass is 32.2.